The molecule has 1 aliphatic rings. The second-order valence-corrected chi connectivity index (χ2v) is 7.42. The van der Waals surface area contributed by atoms with Crippen molar-refractivity contribution in [2.24, 2.45) is 0 Å². The minimum absolute atomic E-state index is 0. The SMILES string of the molecule is CCC1(CCCCCCCCCOS(=O)(=O)[O-])CCC[NH+]1[O-].[Na+]. The topological polar surface area (TPSA) is 93.9 Å². The fraction of sp³-hybridized carbons (Fsp3) is 1.00. The van der Waals surface area contributed by atoms with E-state index in [9.17, 15) is 18.2 Å². The van der Waals surface area contributed by atoms with Gasteiger partial charge in [-0.05, 0) is 19.3 Å². The van der Waals surface area contributed by atoms with Crippen LogP contribution in [0.3, 0.4) is 0 Å². The standard InChI is InChI=1S/C15H31NO5S.Na/c1-2-15(12-10-13-16(15)17)11-8-6-4-3-5-7-9-14-21-22(18,19)20;/h16H,2-14H2,1H3,(H,18,19,20);/q;+1/p-1. The summed E-state index contributed by atoms with van der Waals surface area (Å²) in [6, 6.07) is 0. The fourth-order valence-electron chi connectivity index (χ4n) is 3.42. The predicted octanol–water partition coefficient (Wildman–Crippen LogP) is -1.09. The van der Waals surface area contributed by atoms with Crippen LogP contribution in [0.15, 0.2) is 0 Å². The molecule has 0 radical (unpaired) electrons. The number of rotatable bonds is 12. The second kappa shape index (κ2) is 12.2. The third-order valence-electron chi connectivity index (χ3n) is 4.85. The molecule has 2 unspecified atom stereocenters. The molecule has 1 N–H and O–H groups in total. The normalized spacial score (nSPS) is 24.6. The van der Waals surface area contributed by atoms with Crippen molar-refractivity contribution in [2.75, 3.05) is 13.2 Å². The molecule has 0 aliphatic carbocycles. The molecule has 23 heavy (non-hydrogen) atoms. The quantitative estimate of drug-likeness (QED) is 0.157. The van der Waals surface area contributed by atoms with Gasteiger partial charge in [0, 0.05) is 19.3 Å². The third kappa shape index (κ3) is 9.75. The van der Waals surface area contributed by atoms with Gasteiger partial charge in [-0.25, -0.2) is 8.42 Å². The van der Waals surface area contributed by atoms with Gasteiger partial charge in [-0.3, -0.25) is 4.18 Å². The Bertz CT molecular complexity index is 407. The second-order valence-electron chi connectivity index (χ2n) is 6.37. The Kier molecular flexibility index (Phi) is 12.6. The van der Waals surface area contributed by atoms with Gasteiger partial charge in [-0.15, -0.1) is 0 Å². The molecule has 1 fully saturated rings. The van der Waals surface area contributed by atoms with Gasteiger partial charge in [-0.1, -0.05) is 39.0 Å². The van der Waals surface area contributed by atoms with E-state index < -0.39 is 10.4 Å². The summed E-state index contributed by atoms with van der Waals surface area (Å²) in [5.41, 5.74) is -0.0127. The van der Waals surface area contributed by atoms with Crippen LogP contribution in [-0.4, -0.2) is 31.7 Å². The van der Waals surface area contributed by atoms with E-state index in [4.69, 9.17) is 0 Å². The average Bonchev–Trinajstić information content (AvgIpc) is 2.81. The van der Waals surface area contributed by atoms with Crippen LogP contribution in [0.1, 0.15) is 77.6 Å². The molecule has 1 rings (SSSR count). The zero-order chi connectivity index (χ0) is 16.5. The first kappa shape index (κ1) is 23.8. The minimum Gasteiger partial charge on any atom is -0.726 e. The minimum atomic E-state index is -4.53. The number of quaternary nitrogens is 1. The number of hydroxylamine groups is 2. The first-order chi connectivity index (χ1) is 10.4. The van der Waals surface area contributed by atoms with Crippen LogP contribution < -0.4 is 34.6 Å². The maximum absolute atomic E-state index is 12.0. The summed E-state index contributed by atoms with van der Waals surface area (Å²) in [5, 5.41) is 12.5. The molecule has 132 valence electrons. The van der Waals surface area contributed by atoms with Crippen molar-refractivity contribution in [3.8, 4) is 0 Å². The van der Waals surface area contributed by atoms with Gasteiger partial charge in [0.25, 0.3) is 0 Å². The molecule has 1 aliphatic heterocycles. The van der Waals surface area contributed by atoms with Crippen molar-refractivity contribution in [3.63, 3.8) is 0 Å². The molecule has 1 heterocycles. The van der Waals surface area contributed by atoms with Gasteiger partial charge in [0.15, 0.2) is 0 Å². The van der Waals surface area contributed by atoms with E-state index in [1.54, 1.807) is 0 Å². The number of unbranched alkanes of at least 4 members (excludes halogenated alkanes) is 6. The Morgan fingerprint density at radius 1 is 1.09 bits per heavy atom. The number of hydrogen-bond donors (Lipinski definition) is 1. The Morgan fingerprint density at radius 2 is 1.65 bits per heavy atom. The Hall–Kier alpha value is 0.790. The van der Waals surface area contributed by atoms with E-state index in [1.165, 1.54) is 0 Å². The van der Waals surface area contributed by atoms with E-state index in [0.717, 1.165) is 70.8 Å². The summed E-state index contributed by atoms with van der Waals surface area (Å²) in [7, 11) is -4.53. The van der Waals surface area contributed by atoms with Crippen LogP contribution in [0.4, 0.5) is 0 Å². The van der Waals surface area contributed by atoms with Crippen LogP contribution in [0, 0.1) is 5.21 Å². The monoisotopic (exact) mass is 359 g/mol. The van der Waals surface area contributed by atoms with E-state index in [-0.39, 0.29) is 41.7 Å². The summed E-state index contributed by atoms with van der Waals surface area (Å²) >= 11 is 0. The van der Waals surface area contributed by atoms with Gasteiger partial charge in [0.2, 0.25) is 10.4 Å². The summed E-state index contributed by atoms with van der Waals surface area (Å²) in [6.07, 6.45) is 11.2. The first-order valence-corrected chi connectivity index (χ1v) is 9.86. The van der Waals surface area contributed by atoms with E-state index in [1.807, 2.05) is 0 Å². The van der Waals surface area contributed by atoms with Gasteiger partial charge in [0.05, 0.1) is 18.7 Å². The molecule has 0 saturated carbocycles. The van der Waals surface area contributed by atoms with Crippen LogP contribution in [-0.2, 0) is 14.6 Å². The Morgan fingerprint density at radius 3 is 2.13 bits per heavy atom. The van der Waals surface area contributed by atoms with E-state index in [0.29, 0.717) is 11.5 Å². The maximum Gasteiger partial charge on any atom is 1.00 e. The summed E-state index contributed by atoms with van der Waals surface area (Å²) in [5.74, 6) is 0. The van der Waals surface area contributed by atoms with Gasteiger partial charge in [-0.2, -0.15) is 0 Å². The molecule has 6 nitrogen and oxygen atoms in total. The molecule has 2 atom stereocenters. The predicted molar refractivity (Wildman–Crippen MR) is 84.0 cm³/mol. The smallest absolute Gasteiger partial charge is 0.726 e. The maximum atomic E-state index is 12.0. The zero-order valence-electron chi connectivity index (χ0n) is 14.6. The molecule has 0 aromatic carbocycles. The largest absolute Gasteiger partial charge is 1.00 e. The first-order valence-electron chi connectivity index (χ1n) is 8.53. The molecule has 0 spiro atoms. The average molecular weight is 359 g/mol. The molecule has 8 heteroatoms. The fourth-order valence-corrected chi connectivity index (χ4v) is 3.74. The van der Waals surface area contributed by atoms with Crippen molar-refractivity contribution < 1.29 is 51.8 Å². The van der Waals surface area contributed by atoms with Crippen molar-refractivity contribution in [2.45, 2.75) is 83.1 Å². The summed E-state index contributed by atoms with van der Waals surface area (Å²) in [6.45, 7) is 2.90. The summed E-state index contributed by atoms with van der Waals surface area (Å²) < 4.78 is 34.8. The van der Waals surface area contributed by atoms with E-state index in [2.05, 4.69) is 11.1 Å². The van der Waals surface area contributed by atoms with Crippen LogP contribution in [0.5, 0.6) is 0 Å². The Balaban J connectivity index is 0.00000484. The third-order valence-corrected chi connectivity index (χ3v) is 5.31. The molecule has 0 aromatic heterocycles. The van der Waals surface area contributed by atoms with Gasteiger partial charge >= 0.3 is 29.6 Å². The van der Waals surface area contributed by atoms with Crippen molar-refractivity contribution in [3.05, 3.63) is 5.21 Å². The molecule has 1 saturated heterocycles. The molecular weight excluding hydrogens is 329 g/mol. The van der Waals surface area contributed by atoms with Gasteiger partial charge in [0.1, 0.15) is 0 Å². The van der Waals surface area contributed by atoms with Gasteiger partial charge < -0.3 is 14.8 Å². The van der Waals surface area contributed by atoms with Crippen molar-refractivity contribution in [1.29, 1.82) is 0 Å². The van der Waals surface area contributed by atoms with Crippen LogP contribution in [0.2, 0.25) is 0 Å². The van der Waals surface area contributed by atoms with Crippen LogP contribution in [0.25, 0.3) is 0 Å². The molecule has 0 amide bonds. The van der Waals surface area contributed by atoms with Crippen LogP contribution >= 0.6 is 0 Å². The van der Waals surface area contributed by atoms with Crippen molar-refractivity contribution >= 4 is 10.4 Å². The number of nitrogens with one attached hydrogen (secondary N) is 1. The zero-order valence-corrected chi connectivity index (χ0v) is 17.5. The molecule has 0 aromatic rings. The van der Waals surface area contributed by atoms with Crippen molar-refractivity contribution in [1.82, 2.24) is 0 Å². The van der Waals surface area contributed by atoms with E-state index >= 15 is 0 Å². The Labute approximate surface area is 163 Å². The summed E-state index contributed by atoms with van der Waals surface area (Å²) in [4.78, 5) is 0. The molecule has 0 bridgehead atoms. The molecular formula is C15H30NNaO5S. The number of hydrogen-bond acceptors (Lipinski definition) is 5.